The number of rotatable bonds is 8. The minimum atomic E-state index is 0. The Bertz CT molecular complexity index is 818. The van der Waals surface area contributed by atoms with E-state index in [9.17, 15) is 0 Å². The smallest absolute Gasteiger partial charge is 0.192 e. The maximum Gasteiger partial charge on any atom is 0.192 e. The van der Waals surface area contributed by atoms with E-state index in [0.29, 0.717) is 19.1 Å². The van der Waals surface area contributed by atoms with Crippen LogP contribution in [-0.2, 0) is 26.6 Å². The normalized spacial score (nSPS) is 17.1. The van der Waals surface area contributed by atoms with Crippen molar-refractivity contribution < 1.29 is 0 Å². The number of hydrogen-bond acceptors (Lipinski definition) is 4. The highest BCUT2D eigenvalue weighted by molar-refractivity contribution is 14.0. The number of likely N-dealkylation sites (tertiary alicyclic amines) is 1. The van der Waals surface area contributed by atoms with Crippen LogP contribution < -0.4 is 10.6 Å². The molecule has 7 nitrogen and oxygen atoms in total. The Kier molecular flexibility index (Phi) is 10.0. The summed E-state index contributed by atoms with van der Waals surface area (Å²) in [5.74, 6) is 2.65. The molecule has 1 unspecified atom stereocenters. The van der Waals surface area contributed by atoms with Gasteiger partial charge in [-0.1, -0.05) is 38.1 Å². The second-order valence-electron chi connectivity index (χ2n) is 7.67. The van der Waals surface area contributed by atoms with Crippen molar-refractivity contribution in [3.8, 4) is 0 Å². The van der Waals surface area contributed by atoms with E-state index in [0.717, 1.165) is 37.1 Å². The van der Waals surface area contributed by atoms with Crippen LogP contribution in [0, 0.1) is 6.92 Å². The number of aliphatic imine (C=N–C) groups is 1. The van der Waals surface area contributed by atoms with Crippen LogP contribution in [0.25, 0.3) is 0 Å². The van der Waals surface area contributed by atoms with Crippen LogP contribution in [0.1, 0.15) is 49.5 Å². The molecule has 2 N–H and O–H groups in total. The number of aryl methyl sites for hydroxylation is 2. The van der Waals surface area contributed by atoms with Crippen molar-refractivity contribution in [3.05, 3.63) is 47.0 Å². The first kappa shape index (κ1) is 24.6. The van der Waals surface area contributed by atoms with Gasteiger partial charge in [0.2, 0.25) is 0 Å². The van der Waals surface area contributed by atoms with E-state index in [4.69, 9.17) is 4.99 Å². The van der Waals surface area contributed by atoms with E-state index in [1.54, 1.807) is 0 Å². The molecule has 1 atom stereocenters. The van der Waals surface area contributed by atoms with Crippen LogP contribution in [0.3, 0.4) is 0 Å². The summed E-state index contributed by atoms with van der Waals surface area (Å²) in [4.78, 5) is 7.43. The molecule has 1 aromatic carbocycles. The second kappa shape index (κ2) is 12.2. The van der Waals surface area contributed by atoms with Crippen LogP contribution >= 0.6 is 24.0 Å². The average Bonchev–Trinajstić information content (AvgIpc) is 3.34. The lowest BCUT2D eigenvalue weighted by Gasteiger charge is -2.24. The molecule has 166 valence electrons. The Morgan fingerprint density at radius 3 is 2.60 bits per heavy atom. The number of likely N-dealkylation sites (N-methyl/N-ethyl adjacent to an activating group) is 1. The van der Waals surface area contributed by atoms with Crippen molar-refractivity contribution in [2.45, 2.75) is 59.2 Å². The summed E-state index contributed by atoms with van der Waals surface area (Å²) in [5, 5.41) is 15.4. The average molecular weight is 525 g/mol. The molecular weight excluding hydrogens is 489 g/mol. The minimum Gasteiger partial charge on any atom is -0.355 e. The fourth-order valence-electron chi connectivity index (χ4n) is 3.92. The van der Waals surface area contributed by atoms with Gasteiger partial charge >= 0.3 is 0 Å². The third kappa shape index (κ3) is 6.41. The van der Waals surface area contributed by atoms with Gasteiger partial charge in [-0.25, -0.2) is 4.99 Å². The summed E-state index contributed by atoms with van der Waals surface area (Å²) in [7, 11) is 1.99. The van der Waals surface area contributed by atoms with Gasteiger partial charge in [0.15, 0.2) is 11.8 Å². The van der Waals surface area contributed by atoms with E-state index in [-0.39, 0.29) is 24.0 Å². The molecule has 2 heterocycles. The quantitative estimate of drug-likeness (QED) is 0.315. The summed E-state index contributed by atoms with van der Waals surface area (Å²) >= 11 is 0. The van der Waals surface area contributed by atoms with Gasteiger partial charge in [0.1, 0.15) is 5.82 Å². The largest absolute Gasteiger partial charge is 0.355 e. The van der Waals surface area contributed by atoms with E-state index in [1.165, 1.54) is 30.5 Å². The van der Waals surface area contributed by atoms with Gasteiger partial charge in [-0.2, -0.15) is 0 Å². The molecule has 0 aliphatic carbocycles. The van der Waals surface area contributed by atoms with Gasteiger partial charge < -0.3 is 15.2 Å². The van der Waals surface area contributed by atoms with Crippen LogP contribution in [0.15, 0.2) is 29.3 Å². The molecule has 1 aliphatic heterocycles. The molecule has 3 rings (SSSR count). The zero-order chi connectivity index (χ0) is 20.6. The van der Waals surface area contributed by atoms with Crippen LogP contribution in [0.5, 0.6) is 0 Å². The first-order chi connectivity index (χ1) is 14.1. The van der Waals surface area contributed by atoms with Crippen molar-refractivity contribution in [2.24, 2.45) is 12.0 Å². The maximum absolute atomic E-state index is 4.88. The van der Waals surface area contributed by atoms with E-state index in [2.05, 4.69) is 63.8 Å². The fraction of sp³-hybridized carbons (Fsp3) is 0.591. The first-order valence-electron chi connectivity index (χ1n) is 10.8. The predicted octanol–water partition coefficient (Wildman–Crippen LogP) is 3.02. The molecule has 8 heteroatoms. The highest BCUT2D eigenvalue weighted by atomic mass is 127. The van der Waals surface area contributed by atoms with Gasteiger partial charge in [-0.3, -0.25) is 4.90 Å². The van der Waals surface area contributed by atoms with Crippen molar-refractivity contribution >= 4 is 29.9 Å². The summed E-state index contributed by atoms with van der Waals surface area (Å²) in [6.07, 6.45) is 3.55. The zero-order valence-electron chi connectivity index (χ0n) is 18.7. The van der Waals surface area contributed by atoms with Gasteiger partial charge in [-0.15, -0.1) is 34.2 Å². The molecule has 2 aromatic rings. The number of nitrogens with zero attached hydrogens (tertiary/aromatic N) is 5. The van der Waals surface area contributed by atoms with E-state index >= 15 is 0 Å². The van der Waals surface area contributed by atoms with E-state index in [1.807, 2.05) is 18.5 Å². The minimum absolute atomic E-state index is 0. The lowest BCUT2D eigenvalue weighted by molar-refractivity contribution is 0.267. The molecule has 1 aromatic heterocycles. The number of halogens is 1. The first-order valence-corrected chi connectivity index (χ1v) is 10.8. The standard InChI is InChI=1S/C22H35N7.HI/c1-5-18-10-7-8-11-19(18)14-23-22(24-15-20-12-9-13-29(20)6-2)25-16-21-27-26-17(3)28(21)4;/h7-8,10-11,20H,5-6,9,12-16H2,1-4H3,(H2,23,24,25);1H. The third-order valence-electron chi connectivity index (χ3n) is 5.91. The molecule has 30 heavy (non-hydrogen) atoms. The third-order valence-corrected chi connectivity index (χ3v) is 5.91. The SMILES string of the molecule is CCc1ccccc1CN=C(NCc1nnc(C)n1C)NCC1CCCN1CC.I. The summed E-state index contributed by atoms with van der Waals surface area (Å²) < 4.78 is 2.01. The topological polar surface area (TPSA) is 70.4 Å². The molecule has 1 fully saturated rings. The Balaban J connectivity index is 0.00000320. The highest BCUT2D eigenvalue weighted by Gasteiger charge is 2.22. The maximum atomic E-state index is 4.88. The van der Waals surface area contributed by atoms with Crippen LogP contribution in [-0.4, -0.2) is 51.3 Å². The van der Waals surface area contributed by atoms with E-state index < -0.39 is 0 Å². The predicted molar refractivity (Wildman–Crippen MR) is 133 cm³/mol. The number of aromatic nitrogens is 3. The fourth-order valence-corrected chi connectivity index (χ4v) is 3.92. The second-order valence-corrected chi connectivity index (χ2v) is 7.67. The molecule has 0 spiro atoms. The molecule has 1 saturated heterocycles. The summed E-state index contributed by atoms with van der Waals surface area (Å²) in [6, 6.07) is 9.11. The van der Waals surface area contributed by atoms with Gasteiger partial charge in [0.05, 0.1) is 13.1 Å². The van der Waals surface area contributed by atoms with Gasteiger partial charge in [-0.05, 0) is 50.4 Å². The number of guanidine groups is 1. The molecule has 0 bridgehead atoms. The highest BCUT2D eigenvalue weighted by Crippen LogP contribution is 2.15. The monoisotopic (exact) mass is 525 g/mol. The van der Waals surface area contributed by atoms with Crippen molar-refractivity contribution in [1.82, 2.24) is 30.3 Å². The zero-order valence-corrected chi connectivity index (χ0v) is 21.0. The van der Waals surface area contributed by atoms with Crippen molar-refractivity contribution in [3.63, 3.8) is 0 Å². The van der Waals surface area contributed by atoms with Crippen LogP contribution in [0.4, 0.5) is 0 Å². The summed E-state index contributed by atoms with van der Waals surface area (Å²) in [6.45, 7) is 10.9. The molecule has 0 saturated carbocycles. The Morgan fingerprint density at radius 1 is 1.17 bits per heavy atom. The number of nitrogens with one attached hydrogen (secondary N) is 2. The van der Waals surface area contributed by atoms with Gasteiger partial charge in [0.25, 0.3) is 0 Å². The number of hydrogen-bond donors (Lipinski definition) is 2. The molecular formula is C22H36IN7. The van der Waals surface area contributed by atoms with Crippen LogP contribution in [0.2, 0.25) is 0 Å². The summed E-state index contributed by atoms with van der Waals surface area (Å²) in [5.41, 5.74) is 2.63. The Morgan fingerprint density at radius 2 is 1.93 bits per heavy atom. The Labute approximate surface area is 197 Å². The van der Waals surface area contributed by atoms with Crippen molar-refractivity contribution in [1.29, 1.82) is 0 Å². The van der Waals surface area contributed by atoms with Crippen molar-refractivity contribution in [2.75, 3.05) is 19.6 Å². The Hall–Kier alpha value is -1.68. The molecule has 1 aliphatic rings. The molecule has 0 radical (unpaired) electrons. The number of benzene rings is 1. The van der Waals surface area contributed by atoms with Gasteiger partial charge in [0, 0.05) is 19.6 Å². The lowest BCUT2D eigenvalue weighted by atomic mass is 10.1. The lowest BCUT2D eigenvalue weighted by Crippen LogP contribution is -2.44. The molecule has 0 amide bonds.